The molecule has 0 unspecified atom stereocenters. The first kappa shape index (κ1) is 14.8. The maximum Gasteiger partial charge on any atom is 0.433 e. The van der Waals surface area contributed by atoms with Crippen molar-refractivity contribution in [2.24, 2.45) is 0 Å². The van der Waals surface area contributed by atoms with Crippen molar-refractivity contribution in [3.63, 3.8) is 0 Å². The Balaban J connectivity index is 3.22. The second-order valence-corrected chi connectivity index (χ2v) is 3.84. The van der Waals surface area contributed by atoms with Gasteiger partial charge in [0.1, 0.15) is 0 Å². The molecule has 1 aromatic rings. The minimum atomic E-state index is -5.10. The van der Waals surface area contributed by atoms with Crippen LogP contribution < -0.4 is 0 Å². The van der Waals surface area contributed by atoms with Crippen molar-refractivity contribution < 1.29 is 26.3 Å². The molecule has 0 spiro atoms. The van der Waals surface area contributed by atoms with Gasteiger partial charge in [0.25, 0.3) is 0 Å². The molecule has 1 heterocycles. The van der Waals surface area contributed by atoms with E-state index in [1.165, 1.54) is 0 Å². The molecule has 0 saturated carbocycles. The molecule has 0 bridgehead atoms. The first-order valence-corrected chi connectivity index (χ1v) is 5.29. The van der Waals surface area contributed by atoms with E-state index in [-0.39, 0.29) is 12.0 Å². The molecule has 0 amide bonds. The Hall–Kier alpha value is -1.27. The lowest BCUT2D eigenvalue weighted by molar-refractivity contribution is -0.164. The minimum absolute atomic E-state index is 0.164. The van der Waals surface area contributed by atoms with Crippen LogP contribution in [0.5, 0.6) is 0 Å². The van der Waals surface area contributed by atoms with Gasteiger partial charge in [-0.3, -0.25) is 4.98 Å². The molecule has 0 aliphatic rings. The molecular weight excluding hydrogens is 260 g/mol. The summed E-state index contributed by atoms with van der Waals surface area (Å²) in [5, 5.41) is 0. The molecule has 1 rings (SSSR count). The standard InChI is InChI=1S/C11H11F6N/c1-2-3-4-7-5-8(10(12,13)14)9(18-6-7)11(15,16)17/h5-6H,2-4H2,1H3. The third-order valence-electron chi connectivity index (χ3n) is 2.34. The van der Waals surface area contributed by atoms with E-state index in [4.69, 9.17) is 0 Å². The fourth-order valence-corrected chi connectivity index (χ4v) is 1.47. The Morgan fingerprint density at radius 3 is 2.11 bits per heavy atom. The summed E-state index contributed by atoms with van der Waals surface area (Å²) in [7, 11) is 0. The highest BCUT2D eigenvalue weighted by molar-refractivity contribution is 5.30. The van der Waals surface area contributed by atoms with Gasteiger partial charge in [-0.25, -0.2) is 0 Å². The van der Waals surface area contributed by atoms with E-state index in [2.05, 4.69) is 4.98 Å². The first-order chi connectivity index (χ1) is 8.16. The Kier molecular flexibility index (Phi) is 4.24. The number of aryl methyl sites for hydroxylation is 1. The number of hydrogen-bond acceptors (Lipinski definition) is 1. The van der Waals surface area contributed by atoms with Crippen LogP contribution >= 0.6 is 0 Å². The molecule has 0 saturated heterocycles. The number of hydrogen-bond donors (Lipinski definition) is 0. The highest BCUT2D eigenvalue weighted by atomic mass is 19.4. The summed E-state index contributed by atoms with van der Waals surface area (Å²) in [6.07, 6.45) is -7.68. The monoisotopic (exact) mass is 271 g/mol. The summed E-state index contributed by atoms with van der Waals surface area (Å²) in [5.74, 6) is 0. The first-order valence-electron chi connectivity index (χ1n) is 5.29. The fraction of sp³-hybridized carbons (Fsp3) is 0.545. The summed E-state index contributed by atoms with van der Waals surface area (Å²) >= 11 is 0. The molecule has 0 aliphatic carbocycles. The van der Waals surface area contributed by atoms with Gasteiger partial charge >= 0.3 is 12.4 Å². The molecule has 0 aliphatic heterocycles. The van der Waals surface area contributed by atoms with Gasteiger partial charge in [-0.2, -0.15) is 26.3 Å². The second kappa shape index (κ2) is 5.16. The van der Waals surface area contributed by atoms with E-state index in [0.29, 0.717) is 12.5 Å². The van der Waals surface area contributed by atoms with Crippen LogP contribution in [0.2, 0.25) is 0 Å². The van der Waals surface area contributed by atoms with Crippen LogP contribution in [-0.4, -0.2) is 4.98 Å². The maximum atomic E-state index is 12.5. The molecule has 0 N–H and O–H groups in total. The normalized spacial score (nSPS) is 12.8. The smallest absolute Gasteiger partial charge is 0.251 e. The molecule has 1 aromatic heterocycles. The van der Waals surface area contributed by atoms with Crippen LogP contribution in [0, 0.1) is 0 Å². The minimum Gasteiger partial charge on any atom is -0.251 e. The van der Waals surface area contributed by atoms with E-state index in [9.17, 15) is 26.3 Å². The zero-order valence-corrected chi connectivity index (χ0v) is 9.49. The molecule has 18 heavy (non-hydrogen) atoms. The summed E-state index contributed by atoms with van der Waals surface area (Å²) in [6, 6.07) is 0.533. The van der Waals surface area contributed by atoms with Crippen molar-refractivity contribution in [3.05, 3.63) is 29.1 Å². The zero-order chi connectivity index (χ0) is 14.0. The number of aromatic nitrogens is 1. The third-order valence-corrected chi connectivity index (χ3v) is 2.34. The van der Waals surface area contributed by atoms with E-state index in [1.807, 2.05) is 6.92 Å². The molecular formula is C11H11F6N. The van der Waals surface area contributed by atoms with E-state index < -0.39 is 23.6 Å². The predicted octanol–water partition coefficient (Wildman–Crippen LogP) is 4.46. The van der Waals surface area contributed by atoms with Gasteiger partial charge in [-0.1, -0.05) is 13.3 Å². The van der Waals surface area contributed by atoms with Gasteiger partial charge in [0.15, 0.2) is 5.69 Å². The molecule has 7 heteroatoms. The van der Waals surface area contributed by atoms with Gasteiger partial charge in [-0.15, -0.1) is 0 Å². The van der Waals surface area contributed by atoms with Crippen LogP contribution in [0.3, 0.4) is 0 Å². The topological polar surface area (TPSA) is 12.9 Å². The Bertz CT molecular complexity index is 407. The van der Waals surface area contributed by atoms with E-state index in [1.54, 1.807) is 0 Å². The molecule has 0 radical (unpaired) electrons. The highest BCUT2D eigenvalue weighted by Gasteiger charge is 2.44. The van der Waals surface area contributed by atoms with Crippen LogP contribution in [0.1, 0.15) is 36.6 Å². The molecule has 1 nitrogen and oxygen atoms in total. The maximum absolute atomic E-state index is 12.5. The average molecular weight is 271 g/mol. The van der Waals surface area contributed by atoms with Crippen LogP contribution in [0.4, 0.5) is 26.3 Å². The largest absolute Gasteiger partial charge is 0.433 e. The predicted molar refractivity (Wildman–Crippen MR) is 52.9 cm³/mol. The molecule has 0 atom stereocenters. The number of rotatable bonds is 3. The van der Waals surface area contributed by atoms with Crippen molar-refractivity contribution in [1.29, 1.82) is 0 Å². The zero-order valence-electron chi connectivity index (χ0n) is 9.49. The summed E-state index contributed by atoms with van der Waals surface area (Å²) in [5.41, 5.74) is -3.43. The van der Waals surface area contributed by atoms with Crippen LogP contribution in [0.15, 0.2) is 12.3 Å². The summed E-state index contributed by atoms with van der Waals surface area (Å²) < 4.78 is 74.8. The molecule has 102 valence electrons. The van der Waals surface area contributed by atoms with E-state index in [0.717, 1.165) is 12.6 Å². The number of pyridine rings is 1. The molecule has 0 fully saturated rings. The van der Waals surface area contributed by atoms with Crippen molar-refractivity contribution in [2.75, 3.05) is 0 Å². The van der Waals surface area contributed by atoms with Gasteiger partial charge in [0, 0.05) is 6.20 Å². The lowest BCUT2D eigenvalue weighted by atomic mass is 10.1. The second-order valence-electron chi connectivity index (χ2n) is 3.84. The fourth-order valence-electron chi connectivity index (χ4n) is 1.47. The van der Waals surface area contributed by atoms with Crippen molar-refractivity contribution in [1.82, 2.24) is 4.98 Å². The SMILES string of the molecule is CCCCc1cnc(C(F)(F)F)c(C(F)(F)F)c1. The average Bonchev–Trinajstić information content (AvgIpc) is 2.23. The summed E-state index contributed by atoms with van der Waals surface area (Å²) in [4.78, 5) is 2.92. The van der Waals surface area contributed by atoms with Gasteiger partial charge in [0.05, 0.1) is 5.56 Å². The van der Waals surface area contributed by atoms with Crippen LogP contribution in [-0.2, 0) is 18.8 Å². The van der Waals surface area contributed by atoms with Crippen molar-refractivity contribution in [3.8, 4) is 0 Å². The van der Waals surface area contributed by atoms with Crippen molar-refractivity contribution in [2.45, 2.75) is 38.5 Å². The van der Waals surface area contributed by atoms with Gasteiger partial charge < -0.3 is 0 Å². The number of alkyl halides is 6. The van der Waals surface area contributed by atoms with Crippen LogP contribution in [0.25, 0.3) is 0 Å². The Morgan fingerprint density at radius 2 is 1.67 bits per heavy atom. The van der Waals surface area contributed by atoms with Crippen molar-refractivity contribution >= 4 is 0 Å². The van der Waals surface area contributed by atoms with Gasteiger partial charge in [0.2, 0.25) is 0 Å². The lowest BCUT2D eigenvalue weighted by Gasteiger charge is -2.15. The Morgan fingerprint density at radius 1 is 1.06 bits per heavy atom. The number of halogens is 6. The Labute approximate surface area is 99.8 Å². The number of nitrogens with zero attached hydrogens (tertiary/aromatic N) is 1. The summed E-state index contributed by atoms with van der Waals surface area (Å²) in [6.45, 7) is 1.84. The molecule has 0 aromatic carbocycles. The lowest BCUT2D eigenvalue weighted by Crippen LogP contribution is -2.19. The third kappa shape index (κ3) is 3.61. The van der Waals surface area contributed by atoms with Gasteiger partial charge in [-0.05, 0) is 24.5 Å². The quantitative estimate of drug-likeness (QED) is 0.739. The van der Waals surface area contributed by atoms with E-state index >= 15 is 0 Å². The number of unbranched alkanes of at least 4 members (excludes halogenated alkanes) is 1. The highest BCUT2D eigenvalue weighted by Crippen LogP contribution is 2.39.